The maximum Gasteiger partial charge on any atom is 0.296 e. The van der Waals surface area contributed by atoms with E-state index in [1.807, 2.05) is 0 Å². The van der Waals surface area contributed by atoms with Gasteiger partial charge in [-0.2, -0.15) is 0 Å². The van der Waals surface area contributed by atoms with Gasteiger partial charge in [0, 0.05) is 12.8 Å². The molecule has 1 saturated carbocycles. The number of halogens is 4. The highest BCUT2D eigenvalue weighted by Crippen LogP contribution is 2.51. The summed E-state index contributed by atoms with van der Waals surface area (Å²) in [6.45, 7) is 0. The molecule has 1 aliphatic rings. The third kappa shape index (κ3) is 0.607. The Hall–Kier alpha value is 0.0800. The number of hydrogen-bond acceptors (Lipinski definition) is 0. The van der Waals surface area contributed by atoms with E-state index in [0.29, 0.717) is 0 Å². The van der Waals surface area contributed by atoms with Gasteiger partial charge in [0.2, 0.25) is 5.13 Å². The predicted octanol–water partition coefficient (Wildman–Crippen LogP) is 2.13. The third-order valence-corrected chi connectivity index (χ3v) is 1.53. The van der Waals surface area contributed by atoms with Gasteiger partial charge in [-0.05, 0) is 0 Å². The minimum absolute atomic E-state index is 0.549. The van der Waals surface area contributed by atoms with Crippen molar-refractivity contribution in [3.8, 4) is 0 Å². The largest absolute Gasteiger partial charge is 0.296 e. The Kier molecular flexibility index (Phi) is 1.02. The Balaban J connectivity index is 2.63. The maximum absolute atomic E-state index is 11.9. The lowest BCUT2D eigenvalue weighted by atomic mass is 9.92. The van der Waals surface area contributed by atoms with Crippen molar-refractivity contribution in [3.05, 3.63) is 6.42 Å². The van der Waals surface area contributed by atoms with Crippen molar-refractivity contribution in [2.75, 3.05) is 0 Å². The molecule has 0 amide bonds. The van der Waals surface area contributed by atoms with Crippen LogP contribution in [0, 0.1) is 6.42 Å². The van der Waals surface area contributed by atoms with Crippen molar-refractivity contribution in [1.82, 2.24) is 0 Å². The van der Waals surface area contributed by atoms with Gasteiger partial charge in [0.25, 0.3) is 5.92 Å². The van der Waals surface area contributed by atoms with Crippen LogP contribution < -0.4 is 0 Å². The molecular formula is C4H3ClF3. The summed E-state index contributed by atoms with van der Waals surface area (Å²) in [6.07, 6.45) is 0.196. The van der Waals surface area contributed by atoms with Gasteiger partial charge < -0.3 is 0 Å². The van der Waals surface area contributed by atoms with Crippen molar-refractivity contribution in [1.29, 1.82) is 0 Å². The molecule has 4 heteroatoms. The first-order chi connectivity index (χ1) is 3.46. The zero-order valence-electron chi connectivity index (χ0n) is 3.80. The molecule has 0 nitrogen and oxygen atoms in total. The van der Waals surface area contributed by atoms with E-state index in [4.69, 9.17) is 0 Å². The molecule has 0 bridgehead atoms. The van der Waals surface area contributed by atoms with Crippen LogP contribution in [0.4, 0.5) is 13.2 Å². The summed E-state index contributed by atoms with van der Waals surface area (Å²) < 4.78 is 35.5. The van der Waals surface area contributed by atoms with Crippen LogP contribution in [0.2, 0.25) is 0 Å². The summed E-state index contributed by atoms with van der Waals surface area (Å²) in [5.74, 6) is -3.34. The van der Waals surface area contributed by atoms with Crippen LogP contribution in [0.15, 0.2) is 0 Å². The lowest BCUT2D eigenvalue weighted by Gasteiger charge is -2.36. The smallest absolute Gasteiger partial charge is 0.219 e. The zero-order valence-corrected chi connectivity index (χ0v) is 4.55. The first-order valence-electron chi connectivity index (χ1n) is 2.06. The summed E-state index contributed by atoms with van der Waals surface area (Å²) in [5, 5.41) is -2.87. The highest BCUT2D eigenvalue weighted by molar-refractivity contribution is 6.25. The molecule has 0 aromatic rings. The van der Waals surface area contributed by atoms with Gasteiger partial charge in [-0.1, -0.05) is 11.6 Å². The standard InChI is InChI=1S/C4H3ClF3/c5-3(6)1-2-4(3,7)8/h1H,2H2. The molecule has 0 aromatic carbocycles. The van der Waals surface area contributed by atoms with Crippen LogP contribution in [0.3, 0.4) is 0 Å². The fraction of sp³-hybridized carbons (Fsp3) is 0.750. The van der Waals surface area contributed by atoms with Crippen molar-refractivity contribution in [3.63, 3.8) is 0 Å². The fourth-order valence-electron chi connectivity index (χ4n) is 0.411. The van der Waals surface area contributed by atoms with Crippen molar-refractivity contribution in [2.24, 2.45) is 0 Å². The second-order valence-corrected chi connectivity index (χ2v) is 2.29. The number of hydrogen-bond donors (Lipinski definition) is 0. The van der Waals surface area contributed by atoms with Gasteiger partial charge >= 0.3 is 0 Å². The average molecular weight is 144 g/mol. The second-order valence-electron chi connectivity index (χ2n) is 1.74. The summed E-state index contributed by atoms with van der Waals surface area (Å²) in [6, 6.07) is 0. The van der Waals surface area contributed by atoms with E-state index in [9.17, 15) is 13.2 Å². The van der Waals surface area contributed by atoms with E-state index < -0.39 is 17.5 Å². The van der Waals surface area contributed by atoms with Crippen LogP contribution in [0.25, 0.3) is 0 Å². The Morgan fingerprint density at radius 1 is 1.38 bits per heavy atom. The van der Waals surface area contributed by atoms with Gasteiger partial charge in [0.1, 0.15) is 0 Å². The molecule has 0 aromatic heterocycles. The molecule has 1 atom stereocenters. The summed E-state index contributed by atoms with van der Waals surface area (Å²) in [4.78, 5) is 0. The molecule has 0 aliphatic heterocycles. The predicted molar refractivity (Wildman–Crippen MR) is 23.6 cm³/mol. The van der Waals surface area contributed by atoms with Crippen molar-refractivity contribution in [2.45, 2.75) is 17.5 Å². The number of rotatable bonds is 0. The van der Waals surface area contributed by atoms with Crippen LogP contribution >= 0.6 is 11.6 Å². The lowest BCUT2D eigenvalue weighted by Crippen LogP contribution is -2.50. The van der Waals surface area contributed by atoms with Gasteiger partial charge in [-0.15, -0.1) is 0 Å². The molecule has 8 heavy (non-hydrogen) atoms. The average Bonchev–Trinajstić information content (AvgIpc) is 1.64. The topological polar surface area (TPSA) is 0 Å². The molecule has 1 fully saturated rings. The molecule has 47 valence electrons. The lowest BCUT2D eigenvalue weighted by molar-refractivity contribution is -0.129. The van der Waals surface area contributed by atoms with E-state index in [2.05, 4.69) is 11.6 Å². The van der Waals surface area contributed by atoms with E-state index in [1.165, 1.54) is 0 Å². The van der Waals surface area contributed by atoms with Gasteiger partial charge in [0.15, 0.2) is 0 Å². The van der Waals surface area contributed by atoms with E-state index in [-0.39, 0.29) is 0 Å². The van der Waals surface area contributed by atoms with Gasteiger partial charge in [-0.3, -0.25) is 0 Å². The molecule has 0 heterocycles. The molecule has 1 rings (SSSR count). The SMILES string of the molecule is FC1(Cl)[CH]CC1(F)F. The highest BCUT2D eigenvalue weighted by atomic mass is 35.5. The second kappa shape index (κ2) is 1.32. The number of alkyl halides is 4. The van der Waals surface area contributed by atoms with Crippen LogP contribution in [0.5, 0.6) is 0 Å². The first kappa shape index (κ1) is 6.20. The maximum atomic E-state index is 11.9. The van der Waals surface area contributed by atoms with E-state index in [1.54, 1.807) is 0 Å². The Bertz CT molecular complexity index is 95.9. The van der Waals surface area contributed by atoms with Crippen LogP contribution in [-0.2, 0) is 0 Å². The molecule has 1 aliphatic carbocycles. The summed E-state index contributed by atoms with van der Waals surface area (Å²) in [5.41, 5.74) is 0. The minimum Gasteiger partial charge on any atom is -0.219 e. The quantitative estimate of drug-likeness (QED) is 0.456. The molecule has 1 radical (unpaired) electrons. The molecule has 1 unspecified atom stereocenters. The van der Waals surface area contributed by atoms with E-state index >= 15 is 0 Å². The van der Waals surface area contributed by atoms with Crippen LogP contribution in [0.1, 0.15) is 6.42 Å². The van der Waals surface area contributed by atoms with Crippen LogP contribution in [-0.4, -0.2) is 11.1 Å². The Morgan fingerprint density at radius 2 is 1.75 bits per heavy atom. The summed E-state index contributed by atoms with van der Waals surface area (Å²) in [7, 11) is 0. The molecule has 0 saturated heterocycles. The Morgan fingerprint density at radius 3 is 1.75 bits per heavy atom. The van der Waals surface area contributed by atoms with Gasteiger partial charge in [-0.25, -0.2) is 13.2 Å². The third-order valence-electron chi connectivity index (χ3n) is 1.10. The summed E-state index contributed by atoms with van der Waals surface area (Å²) >= 11 is 4.62. The van der Waals surface area contributed by atoms with Crippen molar-refractivity contribution < 1.29 is 13.2 Å². The van der Waals surface area contributed by atoms with Crippen molar-refractivity contribution >= 4 is 11.6 Å². The molecule has 0 N–H and O–H groups in total. The molecular weight excluding hydrogens is 140 g/mol. The van der Waals surface area contributed by atoms with Gasteiger partial charge in [0.05, 0.1) is 0 Å². The van der Waals surface area contributed by atoms with E-state index in [0.717, 1.165) is 6.42 Å². The molecule has 0 spiro atoms. The highest BCUT2D eigenvalue weighted by Gasteiger charge is 2.62. The minimum atomic E-state index is -3.34. The monoisotopic (exact) mass is 143 g/mol. The normalized spacial score (nSPS) is 43.5. The Labute approximate surface area is 49.6 Å². The first-order valence-corrected chi connectivity index (χ1v) is 2.43. The fourth-order valence-corrected chi connectivity index (χ4v) is 0.565. The zero-order chi connectivity index (χ0) is 6.41.